The smallest absolute Gasteiger partial charge is 0.182 e. The Balaban J connectivity index is 3.16. The van der Waals surface area contributed by atoms with Gasteiger partial charge in [-0.05, 0) is 12.1 Å². The van der Waals surface area contributed by atoms with Crippen LogP contribution in [0.5, 0.6) is 0 Å². The molecule has 0 aliphatic carbocycles. The van der Waals surface area contributed by atoms with Crippen molar-refractivity contribution in [3.05, 3.63) is 22.8 Å². The van der Waals surface area contributed by atoms with Crippen molar-refractivity contribution < 1.29 is 0 Å². The fourth-order valence-electron chi connectivity index (χ4n) is 0.674. The Labute approximate surface area is 74.0 Å². The summed E-state index contributed by atoms with van der Waals surface area (Å²) in [5.74, 6) is 0.188. The van der Waals surface area contributed by atoms with E-state index < -0.39 is 0 Å². The second-order valence-electron chi connectivity index (χ2n) is 1.88. The van der Waals surface area contributed by atoms with Crippen molar-refractivity contribution in [3.63, 3.8) is 0 Å². The maximum atomic E-state index is 8.55. The summed E-state index contributed by atoms with van der Waals surface area (Å²) in [6.07, 6.45) is 1.66. The third kappa shape index (κ3) is 1.63. The van der Waals surface area contributed by atoms with Crippen LogP contribution in [0.1, 0.15) is 5.56 Å². The first kappa shape index (κ1) is 8.32. The lowest BCUT2D eigenvalue weighted by Crippen LogP contribution is -1.95. The number of rotatable bonds is 1. The normalized spacial score (nSPS) is 8.25. The maximum Gasteiger partial charge on any atom is 0.182 e. The second kappa shape index (κ2) is 3.56. The van der Waals surface area contributed by atoms with E-state index in [2.05, 4.69) is 10.3 Å². The van der Waals surface area contributed by atoms with Gasteiger partial charge in [0.2, 0.25) is 0 Å². The lowest BCUT2D eigenvalue weighted by atomic mass is 10.3. The van der Waals surface area contributed by atoms with Gasteiger partial charge in [-0.25, -0.2) is 4.98 Å². The number of halogens is 1. The predicted octanol–water partition coefficient (Wildman–Crippen LogP) is 1.50. The van der Waals surface area contributed by atoms with Gasteiger partial charge in [-0.1, -0.05) is 11.6 Å². The first-order chi connectivity index (χ1) is 5.77. The van der Waals surface area contributed by atoms with E-state index in [1.165, 1.54) is 12.1 Å². The minimum Gasteiger partial charge on any atom is -0.276 e. The Morgan fingerprint density at radius 3 is 2.75 bits per heavy atom. The zero-order valence-corrected chi connectivity index (χ0v) is 6.63. The molecule has 0 bridgehead atoms. The molecule has 0 aromatic carbocycles. The van der Waals surface area contributed by atoms with Crippen LogP contribution >= 0.6 is 11.6 Å². The monoisotopic (exact) mass is 178 g/mol. The van der Waals surface area contributed by atoms with E-state index in [1.54, 1.807) is 6.19 Å². The highest BCUT2D eigenvalue weighted by Gasteiger charge is 2.02. The molecule has 4 nitrogen and oxygen atoms in total. The highest BCUT2D eigenvalue weighted by molar-refractivity contribution is 6.29. The molecule has 12 heavy (non-hydrogen) atoms. The standard InChI is InChI=1S/C7H3ClN4/c8-6-2-1-5(3-9)7(12-6)11-4-10/h1-2H,(H,11,12). The van der Waals surface area contributed by atoms with Crippen molar-refractivity contribution in [1.29, 1.82) is 10.5 Å². The third-order valence-corrected chi connectivity index (χ3v) is 1.37. The van der Waals surface area contributed by atoms with E-state index >= 15 is 0 Å². The largest absolute Gasteiger partial charge is 0.276 e. The van der Waals surface area contributed by atoms with E-state index in [0.29, 0.717) is 5.56 Å². The van der Waals surface area contributed by atoms with E-state index in [1.807, 2.05) is 6.07 Å². The minimum absolute atomic E-state index is 0.188. The quantitative estimate of drug-likeness (QED) is 0.402. The zero-order chi connectivity index (χ0) is 8.97. The van der Waals surface area contributed by atoms with Crippen LogP contribution in [0.15, 0.2) is 12.1 Å². The SMILES string of the molecule is N#CNc1nc(Cl)ccc1C#N. The van der Waals surface area contributed by atoms with Gasteiger partial charge in [0, 0.05) is 0 Å². The fourth-order valence-corrected chi connectivity index (χ4v) is 0.821. The molecule has 5 heteroatoms. The number of nitriles is 2. The number of hydrogen-bond acceptors (Lipinski definition) is 4. The van der Waals surface area contributed by atoms with Crippen molar-refractivity contribution >= 4 is 17.4 Å². The van der Waals surface area contributed by atoms with Crippen molar-refractivity contribution in [2.75, 3.05) is 5.32 Å². The van der Waals surface area contributed by atoms with Gasteiger partial charge in [-0.2, -0.15) is 10.5 Å². The molecule has 0 aliphatic heterocycles. The minimum atomic E-state index is 0.188. The summed E-state index contributed by atoms with van der Waals surface area (Å²) in [7, 11) is 0. The number of nitrogens with zero attached hydrogens (tertiary/aromatic N) is 3. The summed E-state index contributed by atoms with van der Waals surface area (Å²) in [4.78, 5) is 3.74. The van der Waals surface area contributed by atoms with Crippen LogP contribution in [0.25, 0.3) is 0 Å². The van der Waals surface area contributed by atoms with Gasteiger partial charge in [-0.15, -0.1) is 0 Å². The van der Waals surface area contributed by atoms with Crippen LogP contribution in [0.3, 0.4) is 0 Å². The lowest BCUT2D eigenvalue weighted by Gasteiger charge is -1.98. The average Bonchev–Trinajstić information content (AvgIpc) is 2.05. The van der Waals surface area contributed by atoms with E-state index in [0.717, 1.165) is 0 Å². The Hall–Kier alpha value is -1.78. The Morgan fingerprint density at radius 2 is 2.17 bits per heavy atom. The van der Waals surface area contributed by atoms with Gasteiger partial charge in [-0.3, -0.25) is 5.32 Å². The molecule has 1 aromatic rings. The summed E-state index contributed by atoms with van der Waals surface area (Å²) < 4.78 is 0. The van der Waals surface area contributed by atoms with Gasteiger partial charge in [0.05, 0.1) is 5.56 Å². The summed E-state index contributed by atoms with van der Waals surface area (Å²) in [5, 5.41) is 19.3. The number of hydrogen-bond donors (Lipinski definition) is 1. The molecule has 0 unspecified atom stereocenters. The molecule has 1 aromatic heterocycles. The molecule has 1 heterocycles. The summed E-state index contributed by atoms with van der Waals surface area (Å²) in [5.41, 5.74) is 0.293. The lowest BCUT2D eigenvalue weighted by molar-refractivity contribution is 1.28. The number of aromatic nitrogens is 1. The Bertz CT molecular complexity index is 374. The molecule has 0 saturated carbocycles. The summed E-state index contributed by atoms with van der Waals surface area (Å²) in [6.45, 7) is 0. The van der Waals surface area contributed by atoms with Crippen LogP contribution in [-0.4, -0.2) is 4.98 Å². The van der Waals surface area contributed by atoms with Crippen molar-refractivity contribution in [1.82, 2.24) is 4.98 Å². The molecule has 1 rings (SSSR count). The van der Waals surface area contributed by atoms with Gasteiger partial charge in [0.25, 0.3) is 0 Å². The highest BCUT2D eigenvalue weighted by Crippen LogP contribution is 2.14. The molecule has 0 aliphatic rings. The predicted molar refractivity (Wildman–Crippen MR) is 43.2 cm³/mol. The van der Waals surface area contributed by atoms with Gasteiger partial charge in [0.15, 0.2) is 12.0 Å². The van der Waals surface area contributed by atoms with Gasteiger partial charge < -0.3 is 0 Å². The second-order valence-corrected chi connectivity index (χ2v) is 2.27. The van der Waals surface area contributed by atoms with E-state index in [9.17, 15) is 0 Å². The molecule has 0 amide bonds. The third-order valence-electron chi connectivity index (χ3n) is 1.16. The molecule has 0 radical (unpaired) electrons. The molecule has 0 spiro atoms. The Kier molecular flexibility index (Phi) is 2.47. The van der Waals surface area contributed by atoms with E-state index in [4.69, 9.17) is 22.1 Å². The molecule has 0 fully saturated rings. The van der Waals surface area contributed by atoms with Crippen molar-refractivity contribution in [2.24, 2.45) is 0 Å². The molecule has 1 N–H and O–H groups in total. The molecule has 58 valence electrons. The number of anilines is 1. The van der Waals surface area contributed by atoms with Crippen LogP contribution < -0.4 is 5.32 Å². The average molecular weight is 179 g/mol. The molecular weight excluding hydrogens is 176 g/mol. The molecular formula is C7H3ClN4. The van der Waals surface area contributed by atoms with Crippen LogP contribution in [0, 0.1) is 22.8 Å². The first-order valence-corrected chi connectivity index (χ1v) is 3.37. The number of pyridine rings is 1. The molecule has 0 atom stereocenters. The summed E-state index contributed by atoms with van der Waals surface area (Å²) >= 11 is 5.54. The zero-order valence-electron chi connectivity index (χ0n) is 5.87. The van der Waals surface area contributed by atoms with Crippen molar-refractivity contribution in [3.8, 4) is 12.3 Å². The van der Waals surface area contributed by atoms with Crippen LogP contribution in [-0.2, 0) is 0 Å². The highest BCUT2D eigenvalue weighted by atomic mass is 35.5. The van der Waals surface area contributed by atoms with E-state index in [-0.39, 0.29) is 11.0 Å². The molecule has 0 saturated heterocycles. The van der Waals surface area contributed by atoms with Gasteiger partial charge in [0.1, 0.15) is 11.2 Å². The maximum absolute atomic E-state index is 8.55. The topological polar surface area (TPSA) is 72.5 Å². The number of nitrogens with one attached hydrogen (secondary N) is 1. The van der Waals surface area contributed by atoms with Gasteiger partial charge >= 0.3 is 0 Å². The fraction of sp³-hybridized carbons (Fsp3) is 0. The van der Waals surface area contributed by atoms with Crippen molar-refractivity contribution in [2.45, 2.75) is 0 Å². The Morgan fingerprint density at radius 1 is 1.42 bits per heavy atom. The summed E-state index contributed by atoms with van der Waals surface area (Å²) in [6, 6.07) is 4.86. The first-order valence-electron chi connectivity index (χ1n) is 2.99. The van der Waals surface area contributed by atoms with Crippen LogP contribution in [0.4, 0.5) is 5.82 Å². The van der Waals surface area contributed by atoms with Crippen LogP contribution in [0.2, 0.25) is 5.15 Å².